The van der Waals surface area contributed by atoms with E-state index in [1.165, 1.54) is 6.20 Å². The molecule has 0 aliphatic heterocycles. The zero-order valence-corrected chi connectivity index (χ0v) is 8.64. The molecule has 0 aliphatic rings. The number of aromatic nitrogens is 1. The molecule has 4 nitrogen and oxygen atoms in total. The van der Waals surface area contributed by atoms with Crippen LogP contribution in [0.1, 0.15) is 6.92 Å². The van der Waals surface area contributed by atoms with Crippen LogP contribution in [0.15, 0.2) is 18.3 Å². The minimum atomic E-state index is -0.0516. The van der Waals surface area contributed by atoms with Gasteiger partial charge in [-0.1, -0.05) is 11.6 Å². The highest BCUT2D eigenvalue weighted by molar-refractivity contribution is 6.30. The van der Waals surface area contributed by atoms with Gasteiger partial charge in [0, 0.05) is 12.7 Å². The number of halogens is 1. The fourth-order valence-corrected chi connectivity index (χ4v) is 1.02. The zero-order chi connectivity index (χ0) is 10.4. The fourth-order valence-electron chi connectivity index (χ4n) is 0.911. The molecule has 0 fully saturated rings. The van der Waals surface area contributed by atoms with Crippen molar-refractivity contribution in [3.05, 3.63) is 23.4 Å². The molecule has 1 aromatic heterocycles. The summed E-state index contributed by atoms with van der Waals surface area (Å²) in [6, 6.07) is 3.44. The summed E-state index contributed by atoms with van der Waals surface area (Å²) in [5.74, 6) is 0.588. The van der Waals surface area contributed by atoms with Gasteiger partial charge < -0.3 is 10.6 Å². The normalized spacial score (nSPS) is 9.57. The Morgan fingerprint density at radius 2 is 2.36 bits per heavy atom. The van der Waals surface area contributed by atoms with Crippen LogP contribution in [0.5, 0.6) is 0 Å². The number of amides is 1. The van der Waals surface area contributed by atoms with Crippen LogP contribution in [0, 0.1) is 0 Å². The van der Waals surface area contributed by atoms with Gasteiger partial charge in [-0.3, -0.25) is 4.79 Å². The number of nitrogens with one attached hydrogen (secondary N) is 2. The minimum absolute atomic E-state index is 0.0516. The third-order valence-electron chi connectivity index (χ3n) is 1.53. The Balaban J connectivity index is 2.38. The molecule has 0 saturated heterocycles. The maximum atomic E-state index is 11.1. The Hall–Kier alpha value is -1.29. The van der Waals surface area contributed by atoms with E-state index in [-0.39, 0.29) is 12.5 Å². The van der Waals surface area contributed by atoms with Gasteiger partial charge in [0.2, 0.25) is 5.91 Å². The molecule has 0 radical (unpaired) electrons. The first-order valence-corrected chi connectivity index (χ1v) is 4.72. The highest BCUT2D eigenvalue weighted by Crippen LogP contribution is 2.08. The van der Waals surface area contributed by atoms with Gasteiger partial charge in [-0.25, -0.2) is 4.98 Å². The van der Waals surface area contributed by atoms with Crippen molar-refractivity contribution in [3.8, 4) is 0 Å². The molecule has 1 rings (SSSR count). The molecule has 0 aliphatic carbocycles. The number of carbonyl (C=O) groups excluding carboxylic acids is 1. The molecule has 5 heteroatoms. The molecule has 0 spiro atoms. The first-order valence-electron chi connectivity index (χ1n) is 4.34. The predicted octanol–water partition coefficient (Wildman–Crippen LogP) is 1.28. The lowest BCUT2D eigenvalue weighted by Gasteiger charge is -2.04. The molecule has 0 aromatic carbocycles. The van der Waals surface area contributed by atoms with Gasteiger partial charge in [0.05, 0.1) is 11.6 Å². The highest BCUT2D eigenvalue weighted by Gasteiger charge is 1.99. The van der Waals surface area contributed by atoms with E-state index in [1.807, 2.05) is 6.92 Å². The van der Waals surface area contributed by atoms with Crippen LogP contribution in [-0.4, -0.2) is 24.0 Å². The second-order valence-electron chi connectivity index (χ2n) is 2.67. The zero-order valence-electron chi connectivity index (χ0n) is 7.88. The van der Waals surface area contributed by atoms with E-state index >= 15 is 0 Å². The number of nitrogens with zero attached hydrogens (tertiary/aromatic N) is 1. The standard InChI is InChI=1S/C9H12ClN3O/c1-2-11-9(14)6-13-8-4-3-7(10)5-12-8/h3-5H,2,6H2,1H3,(H,11,14)(H,12,13). The van der Waals surface area contributed by atoms with E-state index in [1.54, 1.807) is 12.1 Å². The van der Waals surface area contributed by atoms with E-state index in [0.717, 1.165) is 0 Å². The van der Waals surface area contributed by atoms with Crippen LogP contribution in [0.2, 0.25) is 5.02 Å². The molecule has 0 bridgehead atoms. The average Bonchev–Trinajstić information content (AvgIpc) is 2.17. The van der Waals surface area contributed by atoms with Crippen molar-refractivity contribution in [1.82, 2.24) is 10.3 Å². The van der Waals surface area contributed by atoms with Crippen molar-refractivity contribution in [1.29, 1.82) is 0 Å². The molecule has 1 heterocycles. The summed E-state index contributed by atoms with van der Waals surface area (Å²) < 4.78 is 0. The number of hydrogen-bond acceptors (Lipinski definition) is 3. The van der Waals surface area contributed by atoms with Crippen molar-refractivity contribution in [2.75, 3.05) is 18.4 Å². The number of likely N-dealkylation sites (N-methyl/N-ethyl adjacent to an activating group) is 1. The van der Waals surface area contributed by atoms with Crippen LogP contribution >= 0.6 is 11.6 Å². The van der Waals surface area contributed by atoms with E-state index in [4.69, 9.17) is 11.6 Å². The summed E-state index contributed by atoms with van der Waals surface area (Å²) in [7, 11) is 0. The Morgan fingerprint density at radius 3 is 2.93 bits per heavy atom. The second kappa shape index (κ2) is 5.44. The number of hydrogen-bond donors (Lipinski definition) is 2. The molecule has 1 aromatic rings. The van der Waals surface area contributed by atoms with Gasteiger partial charge in [-0.15, -0.1) is 0 Å². The molecular weight excluding hydrogens is 202 g/mol. The van der Waals surface area contributed by atoms with E-state index in [2.05, 4.69) is 15.6 Å². The molecule has 14 heavy (non-hydrogen) atoms. The topological polar surface area (TPSA) is 54.0 Å². The smallest absolute Gasteiger partial charge is 0.239 e. The van der Waals surface area contributed by atoms with Crippen LogP contribution in [0.3, 0.4) is 0 Å². The Labute approximate surface area is 87.7 Å². The highest BCUT2D eigenvalue weighted by atomic mass is 35.5. The van der Waals surface area contributed by atoms with Crippen molar-refractivity contribution in [2.24, 2.45) is 0 Å². The lowest BCUT2D eigenvalue weighted by molar-refractivity contribution is -0.119. The predicted molar refractivity (Wildman–Crippen MR) is 56.4 cm³/mol. The number of carbonyl (C=O) groups is 1. The summed E-state index contributed by atoms with van der Waals surface area (Å²) >= 11 is 5.65. The molecule has 2 N–H and O–H groups in total. The minimum Gasteiger partial charge on any atom is -0.361 e. The number of anilines is 1. The van der Waals surface area contributed by atoms with Crippen molar-refractivity contribution in [3.63, 3.8) is 0 Å². The monoisotopic (exact) mass is 213 g/mol. The maximum Gasteiger partial charge on any atom is 0.239 e. The van der Waals surface area contributed by atoms with Gasteiger partial charge in [-0.2, -0.15) is 0 Å². The maximum absolute atomic E-state index is 11.1. The van der Waals surface area contributed by atoms with Crippen molar-refractivity contribution >= 4 is 23.3 Å². The summed E-state index contributed by atoms with van der Waals surface area (Å²) in [6.07, 6.45) is 1.53. The quantitative estimate of drug-likeness (QED) is 0.793. The van der Waals surface area contributed by atoms with E-state index < -0.39 is 0 Å². The Morgan fingerprint density at radius 1 is 1.57 bits per heavy atom. The van der Waals surface area contributed by atoms with E-state index in [0.29, 0.717) is 17.4 Å². The van der Waals surface area contributed by atoms with Crippen molar-refractivity contribution in [2.45, 2.75) is 6.92 Å². The van der Waals surface area contributed by atoms with Crippen LogP contribution in [0.25, 0.3) is 0 Å². The SMILES string of the molecule is CCNC(=O)CNc1ccc(Cl)cn1. The van der Waals surface area contributed by atoms with Crippen molar-refractivity contribution < 1.29 is 4.79 Å². The largest absolute Gasteiger partial charge is 0.361 e. The second-order valence-corrected chi connectivity index (χ2v) is 3.11. The van der Waals surface area contributed by atoms with E-state index in [9.17, 15) is 4.79 Å². The molecule has 0 atom stereocenters. The third kappa shape index (κ3) is 3.62. The van der Waals surface area contributed by atoms with Gasteiger partial charge in [0.15, 0.2) is 0 Å². The van der Waals surface area contributed by atoms with Gasteiger partial charge in [-0.05, 0) is 19.1 Å². The lowest BCUT2D eigenvalue weighted by Crippen LogP contribution is -2.29. The first kappa shape index (κ1) is 10.8. The molecule has 1 amide bonds. The lowest BCUT2D eigenvalue weighted by atomic mass is 10.4. The molecule has 76 valence electrons. The van der Waals surface area contributed by atoms with Gasteiger partial charge in [0.1, 0.15) is 5.82 Å². The number of rotatable bonds is 4. The third-order valence-corrected chi connectivity index (χ3v) is 1.75. The van der Waals surface area contributed by atoms with Crippen LogP contribution in [-0.2, 0) is 4.79 Å². The Kier molecular flexibility index (Phi) is 4.19. The van der Waals surface area contributed by atoms with Crippen LogP contribution in [0.4, 0.5) is 5.82 Å². The summed E-state index contributed by atoms with van der Waals surface area (Å²) in [4.78, 5) is 15.0. The Bertz CT molecular complexity index is 299. The first-order chi connectivity index (χ1) is 6.72. The molecular formula is C9H12ClN3O. The number of pyridine rings is 1. The summed E-state index contributed by atoms with van der Waals surface area (Å²) in [5, 5.41) is 6.12. The molecule has 0 saturated carbocycles. The fraction of sp³-hybridized carbons (Fsp3) is 0.333. The van der Waals surface area contributed by atoms with Gasteiger partial charge >= 0.3 is 0 Å². The molecule has 0 unspecified atom stereocenters. The van der Waals surface area contributed by atoms with Crippen LogP contribution < -0.4 is 10.6 Å². The summed E-state index contributed by atoms with van der Waals surface area (Å²) in [5.41, 5.74) is 0. The van der Waals surface area contributed by atoms with Gasteiger partial charge in [0.25, 0.3) is 0 Å². The summed E-state index contributed by atoms with van der Waals surface area (Å²) in [6.45, 7) is 2.73. The average molecular weight is 214 g/mol.